The van der Waals surface area contributed by atoms with Crippen molar-refractivity contribution >= 4 is 17.3 Å². The van der Waals surface area contributed by atoms with Crippen LogP contribution in [-0.4, -0.2) is 31.7 Å². The van der Waals surface area contributed by atoms with Crippen molar-refractivity contribution in [1.82, 2.24) is 0 Å². The normalized spacial score (nSPS) is 20.3. The average Bonchev–Trinajstić information content (AvgIpc) is 2.27. The molecule has 4 N–H and O–H groups in total. The number of aryl methyl sites for hydroxylation is 1. The minimum absolute atomic E-state index is 0.336. The number of hydrogen-bond acceptors (Lipinski definition) is 4. The molecule has 1 aliphatic heterocycles. The van der Waals surface area contributed by atoms with Gasteiger partial charge < -0.3 is 21.1 Å². The summed E-state index contributed by atoms with van der Waals surface area (Å²) in [5.74, 6) is -0.371. The fraction of sp³-hybridized carbons (Fsp3) is 0.417. The van der Waals surface area contributed by atoms with Crippen molar-refractivity contribution < 1.29 is 9.53 Å². The maximum atomic E-state index is 11.4. The van der Waals surface area contributed by atoms with Crippen LogP contribution in [0.25, 0.3) is 0 Å². The molecule has 0 aromatic heterocycles. The van der Waals surface area contributed by atoms with Gasteiger partial charge in [-0.05, 0) is 30.7 Å². The van der Waals surface area contributed by atoms with Crippen LogP contribution in [0, 0.1) is 6.92 Å². The first-order valence-corrected chi connectivity index (χ1v) is 5.59. The molecule has 1 saturated heterocycles. The molecule has 0 radical (unpaired) electrons. The first-order valence-electron chi connectivity index (χ1n) is 5.59. The van der Waals surface area contributed by atoms with Gasteiger partial charge in [-0.3, -0.25) is 4.79 Å². The van der Waals surface area contributed by atoms with E-state index < -0.39 is 6.04 Å². The minimum Gasteiger partial charge on any atom is -0.399 e. The largest absolute Gasteiger partial charge is 0.399 e. The molecule has 2 rings (SSSR count). The summed E-state index contributed by atoms with van der Waals surface area (Å²) in [4.78, 5) is 13.3. The van der Waals surface area contributed by atoms with Crippen LogP contribution in [0.3, 0.4) is 0 Å². The Bertz CT molecular complexity index is 414. The monoisotopic (exact) mass is 235 g/mol. The summed E-state index contributed by atoms with van der Waals surface area (Å²) in [6, 6.07) is 5.33. The van der Waals surface area contributed by atoms with Gasteiger partial charge in [0.1, 0.15) is 6.04 Å². The molecule has 0 saturated carbocycles. The number of nitrogens with zero attached hydrogens (tertiary/aromatic N) is 1. The fourth-order valence-electron chi connectivity index (χ4n) is 2.11. The minimum atomic E-state index is -0.412. The van der Waals surface area contributed by atoms with Crippen LogP contribution >= 0.6 is 0 Å². The standard InChI is InChI=1S/C12H17N3O2/c1-8-4-9(13)6-10(5-8)15-2-3-17-7-11(15)12(14)16/h4-6,11H,2-3,7,13H2,1H3,(H2,14,16). The molecule has 5 heteroatoms. The second kappa shape index (κ2) is 4.63. The molecule has 17 heavy (non-hydrogen) atoms. The molecular weight excluding hydrogens is 218 g/mol. The lowest BCUT2D eigenvalue weighted by atomic mass is 10.1. The molecule has 1 unspecified atom stereocenters. The van der Waals surface area contributed by atoms with Crippen LogP contribution in [0.4, 0.5) is 11.4 Å². The Morgan fingerprint density at radius 1 is 1.47 bits per heavy atom. The summed E-state index contributed by atoms with van der Waals surface area (Å²) < 4.78 is 5.28. The van der Waals surface area contributed by atoms with Crippen molar-refractivity contribution in [2.75, 3.05) is 30.4 Å². The Balaban J connectivity index is 2.32. The van der Waals surface area contributed by atoms with E-state index in [9.17, 15) is 4.79 Å². The van der Waals surface area contributed by atoms with Crippen LogP contribution < -0.4 is 16.4 Å². The number of primary amides is 1. The Morgan fingerprint density at radius 2 is 2.24 bits per heavy atom. The van der Waals surface area contributed by atoms with Crippen LogP contribution in [0.15, 0.2) is 18.2 Å². The molecule has 92 valence electrons. The van der Waals surface area contributed by atoms with Crippen molar-refractivity contribution in [3.05, 3.63) is 23.8 Å². The smallest absolute Gasteiger partial charge is 0.242 e. The third-order valence-corrected chi connectivity index (χ3v) is 2.87. The summed E-state index contributed by atoms with van der Waals surface area (Å²) in [7, 11) is 0. The number of nitrogens with two attached hydrogens (primary N) is 2. The van der Waals surface area contributed by atoms with Gasteiger partial charge in [0.05, 0.1) is 13.2 Å². The number of carbonyl (C=O) groups excluding carboxylic acids is 1. The fourth-order valence-corrected chi connectivity index (χ4v) is 2.11. The topological polar surface area (TPSA) is 81.6 Å². The molecule has 0 aliphatic carbocycles. The number of benzene rings is 1. The Labute approximate surface area is 100 Å². The molecule has 1 amide bonds. The molecular formula is C12H17N3O2. The van der Waals surface area contributed by atoms with E-state index in [4.69, 9.17) is 16.2 Å². The van der Waals surface area contributed by atoms with E-state index >= 15 is 0 Å². The van der Waals surface area contributed by atoms with Gasteiger partial charge in [-0.2, -0.15) is 0 Å². The number of hydrogen-bond donors (Lipinski definition) is 2. The van der Waals surface area contributed by atoms with Crippen LogP contribution in [0.5, 0.6) is 0 Å². The summed E-state index contributed by atoms with van der Waals surface area (Å²) in [5.41, 5.74) is 13.9. The number of amides is 1. The number of ether oxygens (including phenoxy) is 1. The zero-order chi connectivity index (χ0) is 12.4. The highest BCUT2D eigenvalue weighted by Gasteiger charge is 2.27. The lowest BCUT2D eigenvalue weighted by Gasteiger charge is -2.35. The van der Waals surface area contributed by atoms with Gasteiger partial charge in [0, 0.05) is 17.9 Å². The van der Waals surface area contributed by atoms with Gasteiger partial charge in [0.15, 0.2) is 0 Å². The van der Waals surface area contributed by atoms with E-state index in [2.05, 4.69) is 0 Å². The average molecular weight is 235 g/mol. The number of nitrogen functional groups attached to an aromatic ring is 1. The predicted molar refractivity (Wildman–Crippen MR) is 66.7 cm³/mol. The lowest BCUT2D eigenvalue weighted by molar-refractivity contribution is -0.121. The van der Waals surface area contributed by atoms with E-state index in [0.717, 1.165) is 11.3 Å². The van der Waals surface area contributed by atoms with Gasteiger partial charge in [0.25, 0.3) is 0 Å². The molecule has 5 nitrogen and oxygen atoms in total. The van der Waals surface area contributed by atoms with E-state index in [1.54, 1.807) is 0 Å². The van der Waals surface area contributed by atoms with Crippen molar-refractivity contribution in [2.45, 2.75) is 13.0 Å². The second-order valence-corrected chi connectivity index (χ2v) is 4.29. The molecule has 1 fully saturated rings. The van der Waals surface area contributed by atoms with E-state index in [0.29, 0.717) is 25.4 Å². The maximum absolute atomic E-state index is 11.4. The third-order valence-electron chi connectivity index (χ3n) is 2.87. The van der Waals surface area contributed by atoms with Gasteiger partial charge in [-0.15, -0.1) is 0 Å². The van der Waals surface area contributed by atoms with Crippen LogP contribution in [0.1, 0.15) is 5.56 Å². The van der Waals surface area contributed by atoms with Crippen LogP contribution in [-0.2, 0) is 9.53 Å². The molecule has 1 heterocycles. The molecule has 0 bridgehead atoms. The van der Waals surface area contributed by atoms with Crippen molar-refractivity contribution in [3.8, 4) is 0 Å². The summed E-state index contributed by atoms with van der Waals surface area (Å²) >= 11 is 0. The molecule has 0 spiro atoms. The highest BCUT2D eigenvalue weighted by atomic mass is 16.5. The van der Waals surface area contributed by atoms with Crippen molar-refractivity contribution in [3.63, 3.8) is 0 Å². The van der Waals surface area contributed by atoms with Gasteiger partial charge in [0.2, 0.25) is 5.91 Å². The summed E-state index contributed by atoms with van der Waals surface area (Å²) in [6.07, 6.45) is 0. The van der Waals surface area contributed by atoms with Gasteiger partial charge in [-0.1, -0.05) is 0 Å². The number of rotatable bonds is 2. The van der Waals surface area contributed by atoms with Gasteiger partial charge in [-0.25, -0.2) is 0 Å². The highest BCUT2D eigenvalue weighted by molar-refractivity contribution is 5.84. The lowest BCUT2D eigenvalue weighted by Crippen LogP contribution is -2.52. The Morgan fingerprint density at radius 3 is 2.88 bits per heavy atom. The summed E-state index contributed by atoms with van der Waals surface area (Å²) in [5, 5.41) is 0. The van der Waals surface area contributed by atoms with Crippen LogP contribution in [0.2, 0.25) is 0 Å². The maximum Gasteiger partial charge on any atom is 0.242 e. The number of anilines is 2. The van der Waals surface area contributed by atoms with E-state index in [-0.39, 0.29) is 5.91 Å². The van der Waals surface area contributed by atoms with E-state index in [1.165, 1.54) is 0 Å². The molecule has 1 aliphatic rings. The molecule has 1 aromatic carbocycles. The number of carbonyl (C=O) groups is 1. The quantitative estimate of drug-likeness (QED) is 0.721. The van der Waals surface area contributed by atoms with E-state index in [1.807, 2.05) is 30.0 Å². The first kappa shape index (κ1) is 11.7. The summed E-state index contributed by atoms with van der Waals surface area (Å²) in [6.45, 7) is 3.55. The zero-order valence-corrected chi connectivity index (χ0v) is 9.85. The first-order chi connectivity index (χ1) is 8.08. The SMILES string of the molecule is Cc1cc(N)cc(N2CCOCC2C(N)=O)c1. The van der Waals surface area contributed by atoms with Crippen molar-refractivity contribution in [2.24, 2.45) is 5.73 Å². The Hall–Kier alpha value is -1.75. The molecule has 1 aromatic rings. The molecule has 1 atom stereocenters. The highest BCUT2D eigenvalue weighted by Crippen LogP contribution is 2.23. The second-order valence-electron chi connectivity index (χ2n) is 4.29. The zero-order valence-electron chi connectivity index (χ0n) is 9.85. The Kier molecular flexibility index (Phi) is 3.19. The number of morpholine rings is 1. The predicted octanol–water partition coefficient (Wildman–Crippen LogP) is 0.268. The van der Waals surface area contributed by atoms with Gasteiger partial charge >= 0.3 is 0 Å². The van der Waals surface area contributed by atoms with Crippen molar-refractivity contribution in [1.29, 1.82) is 0 Å². The third kappa shape index (κ3) is 2.50.